The van der Waals surface area contributed by atoms with Gasteiger partial charge in [0.15, 0.2) is 0 Å². The fourth-order valence-electron chi connectivity index (χ4n) is 2.38. The summed E-state index contributed by atoms with van der Waals surface area (Å²) in [6.45, 7) is 0.884. The summed E-state index contributed by atoms with van der Waals surface area (Å²) < 4.78 is 5.03. The molecule has 0 heterocycles. The van der Waals surface area contributed by atoms with Crippen LogP contribution in [0.5, 0.6) is 0 Å². The van der Waals surface area contributed by atoms with Crippen LogP contribution in [0.2, 0.25) is 0 Å². The minimum Gasteiger partial charge on any atom is -0.393 e. The summed E-state index contributed by atoms with van der Waals surface area (Å²) in [7, 11) is 1.76. The monoisotopic (exact) mass is 200 g/mol. The van der Waals surface area contributed by atoms with Crippen molar-refractivity contribution in [3.8, 4) is 0 Å². The SMILES string of the molecule is COCCCCC1CCCCC(O)C1. The quantitative estimate of drug-likeness (QED) is 0.546. The van der Waals surface area contributed by atoms with E-state index in [-0.39, 0.29) is 6.10 Å². The number of unbranched alkanes of at least 4 members (excludes halogenated alkanes) is 1. The predicted molar refractivity (Wildman–Crippen MR) is 58.3 cm³/mol. The molecule has 14 heavy (non-hydrogen) atoms. The molecule has 0 aromatic heterocycles. The molecule has 2 heteroatoms. The zero-order valence-electron chi connectivity index (χ0n) is 9.37. The number of hydrogen-bond donors (Lipinski definition) is 1. The van der Waals surface area contributed by atoms with E-state index >= 15 is 0 Å². The predicted octanol–water partition coefficient (Wildman–Crippen LogP) is 2.74. The largest absolute Gasteiger partial charge is 0.393 e. The van der Waals surface area contributed by atoms with Gasteiger partial charge in [-0.3, -0.25) is 0 Å². The molecule has 1 fully saturated rings. The molecular formula is C12H24O2. The zero-order chi connectivity index (χ0) is 10.2. The van der Waals surface area contributed by atoms with Crippen LogP contribution in [0.4, 0.5) is 0 Å². The highest BCUT2D eigenvalue weighted by atomic mass is 16.5. The van der Waals surface area contributed by atoms with E-state index in [0.29, 0.717) is 0 Å². The lowest BCUT2D eigenvalue weighted by Crippen LogP contribution is -2.10. The second kappa shape index (κ2) is 7.24. The van der Waals surface area contributed by atoms with Crippen molar-refractivity contribution in [2.75, 3.05) is 13.7 Å². The van der Waals surface area contributed by atoms with Crippen LogP contribution in [-0.2, 0) is 4.74 Å². The van der Waals surface area contributed by atoms with Gasteiger partial charge in [0.25, 0.3) is 0 Å². The van der Waals surface area contributed by atoms with Gasteiger partial charge in [-0.25, -0.2) is 0 Å². The molecule has 0 aromatic carbocycles. The third-order valence-electron chi connectivity index (χ3n) is 3.22. The van der Waals surface area contributed by atoms with Crippen LogP contribution in [-0.4, -0.2) is 24.9 Å². The van der Waals surface area contributed by atoms with E-state index in [9.17, 15) is 5.11 Å². The van der Waals surface area contributed by atoms with Gasteiger partial charge in [-0.1, -0.05) is 32.1 Å². The summed E-state index contributed by atoms with van der Waals surface area (Å²) in [6.07, 6.45) is 9.59. The molecule has 0 aromatic rings. The molecular weight excluding hydrogens is 176 g/mol. The lowest BCUT2D eigenvalue weighted by molar-refractivity contribution is 0.137. The molecule has 0 radical (unpaired) electrons. The Morgan fingerprint density at radius 3 is 2.79 bits per heavy atom. The molecule has 1 aliphatic rings. The number of rotatable bonds is 5. The van der Waals surface area contributed by atoms with Gasteiger partial charge in [0, 0.05) is 13.7 Å². The van der Waals surface area contributed by atoms with Gasteiger partial charge >= 0.3 is 0 Å². The van der Waals surface area contributed by atoms with E-state index in [4.69, 9.17) is 4.74 Å². The van der Waals surface area contributed by atoms with E-state index in [2.05, 4.69) is 0 Å². The molecule has 1 aliphatic carbocycles. The first-order valence-electron chi connectivity index (χ1n) is 6.00. The fraction of sp³-hybridized carbons (Fsp3) is 1.00. The van der Waals surface area contributed by atoms with Gasteiger partial charge in [0.1, 0.15) is 0 Å². The van der Waals surface area contributed by atoms with Crippen molar-refractivity contribution < 1.29 is 9.84 Å². The van der Waals surface area contributed by atoms with Crippen LogP contribution in [0.25, 0.3) is 0 Å². The standard InChI is InChI=1S/C12H24O2/c1-14-9-5-4-7-11-6-2-3-8-12(13)10-11/h11-13H,2-10H2,1H3. The number of ether oxygens (including phenoxy) is 1. The van der Waals surface area contributed by atoms with Crippen LogP contribution >= 0.6 is 0 Å². The topological polar surface area (TPSA) is 29.5 Å². The van der Waals surface area contributed by atoms with Crippen molar-refractivity contribution in [2.24, 2.45) is 5.92 Å². The van der Waals surface area contributed by atoms with Crippen molar-refractivity contribution in [3.63, 3.8) is 0 Å². The maximum atomic E-state index is 9.64. The zero-order valence-corrected chi connectivity index (χ0v) is 9.37. The Kier molecular flexibility index (Phi) is 6.20. The van der Waals surface area contributed by atoms with Crippen LogP contribution in [0, 0.1) is 5.92 Å². The molecule has 0 amide bonds. The van der Waals surface area contributed by atoms with Crippen LogP contribution in [0.3, 0.4) is 0 Å². The minimum atomic E-state index is -0.0232. The van der Waals surface area contributed by atoms with Crippen molar-refractivity contribution >= 4 is 0 Å². The molecule has 2 unspecified atom stereocenters. The highest BCUT2D eigenvalue weighted by Gasteiger charge is 2.17. The third-order valence-corrected chi connectivity index (χ3v) is 3.22. The summed E-state index contributed by atoms with van der Waals surface area (Å²) in [4.78, 5) is 0. The summed E-state index contributed by atoms with van der Waals surface area (Å²) >= 11 is 0. The molecule has 0 bridgehead atoms. The Morgan fingerprint density at radius 1 is 1.21 bits per heavy atom. The normalized spacial score (nSPS) is 28.7. The molecule has 2 atom stereocenters. The van der Waals surface area contributed by atoms with Gasteiger partial charge in [-0.15, -0.1) is 0 Å². The maximum Gasteiger partial charge on any atom is 0.0542 e. The summed E-state index contributed by atoms with van der Waals surface area (Å²) in [5.74, 6) is 0.768. The Bertz CT molecular complexity index is 136. The summed E-state index contributed by atoms with van der Waals surface area (Å²) in [5, 5.41) is 9.64. The summed E-state index contributed by atoms with van der Waals surface area (Å²) in [5.41, 5.74) is 0. The van der Waals surface area contributed by atoms with Crippen LogP contribution in [0.1, 0.15) is 51.4 Å². The molecule has 0 aliphatic heterocycles. The van der Waals surface area contributed by atoms with Crippen molar-refractivity contribution in [1.29, 1.82) is 0 Å². The number of hydrogen-bond acceptors (Lipinski definition) is 2. The molecule has 84 valence electrons. The van der Waals surface area contributed by atoms with Gasteiger partial charge in [-0.05, 0) is 25.2 Å². The molecule has 1 saturated carbocycles. The molecule has 0 saturated heterocycles. The number of aliphatic hydroxyl groups is 1. The number of aliphatic hydroxyl groups excluding tert-OH is 1. The average molecular weight is 200 g/mol. The smallest absolute Gasteiger partial charge is 0.0542 e. The summed E-state index contributed by atoms with van der Waals surface area (Å²) in [6, 6.07) is 0. The molecule has 2 nitrogen and oxygen atoms in total. The van der Waals surface area contributed by atoms with Crippen LogP contribution in [0.15, 0.2) is 0 Å². The van der Waals surface area contributed by atoms with Gasteiger partial charge in [0.2, 0.25) is 0 Å². The maximum absolute atomic E-state index is 9.64. The second-order valence-electron chi connectivity index (χ2n) is 4.53. The van der Waals surface area contributed by atoms with E-state index in [1.165, 1.54) is 38.5 Å². The van der Waals surface area contributed by atoms with E-state index in [1.807, 2.05) is 0 Å². The Hall–Kier alpha value is -0.0800. The first kappa shape index (κ1) is 12.0. The molecule has 1 rings (SSSR count). The van der Waals surface area contributed by atoms with Gasteiger partial charge < -0.3 is 9.84 Å². The van der Waals surface area contributed by atoms with Gasteiger partial charge in [-0.2, -0.15) is 0 Å². The first-order chi connectivity index (χ1) is 6.83. The highest BCUT2D eigenvalue weighted by molar-refractivity contribution is 4.70. The average Bonchev–Trinajstić information content (AvgIpc) is 2.38. The van der Waals surface area contributed by atoms with Gasteiger partial charge in [0.05, 0.1) is 6.10 Å². The lowest BCUT2D eigenvalue weighted by Gasteiger charge is -2.15. The molecule has 1 N–H and O–H groups in total. The lowest BCUT2D eigenvalue weighted by atomic mass is 9.93. The van der Waals surface area contributed by atoms with Crippen LogP contribution < -0.4 is 0 Å². The third kappa shape index (κ3) is 4.97. The fourth-order valence-corrected chi connectivity index (χ4v) is 2.38. The number of methoxy groups -OCH3 is 1. The van der Waals surface area contributed by atoms with Crippen molar-refractivity contribution in [1.82, 2.24) is 0 Å². The Morgan fingerprint density at radius 2 is 2.00 bits per heavy atom. The van der Waals surface area contributed by atoms with Crippen molar-refractivity contribution in [3.05, 3.63) is 0 Å². The van der Waals surface area contributed by atoms with Crippen molar-refractivity contribution in [2.45, 2.75) is 57.5 Å². The first-order valence-corrected chi connectivity index (χ1v) is 6.00. The van der Waals surface area contributed by atoms with E-state index in [0.717, 1.165) is 25.4 Å². The van der Waals surface area contributed by atoms with E-state index < -0.39 is 0 Å². The minimum absolute atomic E-state index is 0.0232. The Balaban J connectivity index is 2.09. The molecule has 0 spiro atoms. The Labute approximate surface area is 87.7 Å². The highest BCUT2D eigenvalue weighted by Crippen LogP contribution is 2.27. The van der Waals surface area contributed by atoms with E-state index in [1.54, 1.807) is 7.11 Å². The second-order valence-corrected chi connectivity index (χ2v) is 4.53.